The minimum atomic E-state index is -1.02. The van der Waals surface area contributed by atoms with Crippen LogP contribution < -0.4 is 10.6 Å². The van der Waals surface area contributed by atoms with E-state index in [4.69, 9.17) is 35.0 Å². The van der Waals surface area contributed by atoms with Crippen molar-refractivity contribution in [3.8, 4) is 0 Å². The van der Waals surface area contributed by atoms with E-state index in [1.165, 1.54) is 0 Å². The number of rotatable bonds is 3. The van der Waals surface area contributed by atoms with E-state index in [-0.39, 0.29) is 0 Å². The van der Waals surface area contributed by atoms with E-state index >= 15 is 0 Å². The highest BCUT2D eigenvalue weighted by molar-refractivity contribution is 7.88. The molecule has 1 aliphatic rings. The SMILES string of the molecule is Clc1ccccc1P(C1=NC=CCN1Cl)c1ccccc1Cl. The molecular weight excluding hydrogens is 358 g/mol. The van der Waals surface area contributed by atoms with Crippen molar-refractivity contribution in [2.24, 2.45) is 4.99 Å². The van der Waals surface area contributed by atoms with E-state index in [9.17, 15) is 0 Å². The second-order valence-electron chi connectivity index (χ2n) is 4.60. The summed E-state index contributed by atoms with van der Waals surface area (Å²) in [4.78, 5) is 4.49. The number of halogens is 3. The molecule has 2 nitrogen and oxygen atoms in total. The fourth-order valence-corrected chi connectivity index (χ4v) is 5.53. The Kier molecular flexibility index (Phi) is 5.05. The minimum absolute atomic E-state index is 0.605. The van der Waals surface area contributed by atoms with Gasteiger partial charge < -0.3 is 0 Å². The van der Waals surface area contributed by atoms with Gasteiger partial charge in [0.15, 0.2) is 5.58 Å². The number of aliphatic imine (C=N–C) groups is 1. The first kappa shape index (κ1) is 15.8. The summed E-state index contributed by atoms with van der Waals surface area (Å²) in [5.74, 6) is 0. The van der Waals surface area contributed by atoms with E-state index in [0.717, 1.165) is 16.2 Å². The Balaban J connectivity index is 2.19. The van der Waals surface area contributed by atoms with Crippen LogP contribution in [0.5, 0.6) is 0 Å². The summed E-state index contributed by atoms with van der Waals surface area (Å²) in [7, 11) is -1.02. The molecule has 0 radical (unpaired) electrons. The van der Waals surface area contributed by atoms with Crippen molar-refractivity contribution in [1.29, 1.82) is 0 Å². The number of hydrogen-bond donors (Lipinski definition) is 0. The molecule has 0 amide bonds. The Hall–Kier alpha value is -1.05. The van der Waals surface area contributed by atoms with Crippen molar-refractivity contribution in [1.82, 2.24) is 4.42 Å². The zero-order chi connectivity index (χ0) is 15.5. The third-order valence-electron chi connectivity index (χ3n) is 3.16. The van der Waals surface area contributed by atoms with Crippen molar-refractivity contribution in [3.63, 3.8) is 0 Å². The summed E-state index contributed by atoms with van der Waals surface area (Å²) in [6.45, 7) is 0.605. The van der Waals surface area contributed by atoms with Crippen molar-refractivity contribution in [2.45, 2.75) is 0 Å². The Morgan fingerprint density at radius 2 is 1.45 bits per heavy atom. The molecule has 3 rings (SSSR count). The van der Waals surface area contributed by atoms with E-state index in [2.05, 4.69) is 4.99 Å². The molecule has 112 valence electrons. The molecule has 1 aliphatic heterocycles. The fourth-order valence-electron chi connectivity index (χ4n) is 2.18. The van der Waals surface area contributed by atoms with Crippen LogP contribution in [0.25, 0.3) is 0 Å². The lowest BCUT2D eigenvalue weighted by Gasteiger charge is -2.28. The van der Waals surface area contributed by atoms with Gasteiger partial charge in [-0.3, -0.25) is 4.42 Å². The lowest BCUT2D eigenvalue weighted by atomic mass is 10.4. The second-order valence-corrected chi connectivity index (χ2v) is 7.85. The van der Waals surface area contributed by atoms with Crippen molar-refractivity contribution in [2.75, 3.05) is 6.54 Å². The summed E-state index contributed by atoms with van der Waals surface area (Å²) in [5, 5.41) is 3.37. The van der Waals surface area contributed by atoms with Gasteiger partial charge >= 0.3 is 0 Å². The average molecular weight is 370 g/mol. The summed E-state index contributed by atoms with van der Waals surface area (Å²) < 4.78 is 1.62. The van der Waals surface area contributed by atoms with Gasteiger partial charge in [0.25, 0.3) is 0 Å². The van der Waals surface area contributed by atoms with Gasteiger partial charge in [-0.2, -0.15) is 0 Å². The van der Waals surface area contributed by atoms with E-state index in [1.807, 2.05) is 54.6 Å². The van der Waals surface area contributed by atoms with Crippen molar-refractivity contribution in [3.05, 3.63) is 70.9 Å². The third kappa shape index (κ3) is 3.16. The highest BCUT2D eigenvalue weighted by atomic mass is 35.5. The summed E-state index contributed by atoms with van der Waals surface area (Å²) in [6.07, 6.45) is 3.68. The molecule has 0 aliphatic carbocycles. The minimum Gasteiger partial charge on any atom is -0.264 e. The number of benzene rings is 2. The van der Waals surface area contributed by atoms with Gasteiger partial charge in [-0.15, -0.1) is 0 Å². The van der Waals surface area contributed by atoms with Crippen LogP contribution in [0.1, 0.15) is 0 Å². The van der Waals surface area contributed by atoms with Gasteiger partial charge in [-0.25, -0.2) is 4.99 Å². The highest BCUT2D eigenvalue weighted by Crippen LogP contribution is 2.42. The Morgan fingerprint density at radius 3 is 1.95 bits per heavy atom. The monoisotopic (exact) mass is 368 g/mol. The molecule has 22 heavy (non-hydrogen) atoms. The molecule has 0 spiro atoms. The molecule has 0 bridgehead atoms. The second kappa shape index (κ2) is 7.02. The topological polar surface area (TPSA) is 15.6 Å². The molecule has 0 unspecified atom stereocenters. The predicted molar refractivity (Wildman–Crippen MR) is 98.2 cm³/mol. The number of nitrogens with zero attached hydrogens (tertiary/aromatic N) is 2. The summed E-state index contributed by atoms with van der Waals surface area (Å²) in [5.41, 5.74) is 0.778. The number of hydrogen-bond acceptors (Lipinski definition) is 2. The largest absolute Gasteiger partial charge is 0.264 e. The van der Waals surface area contributed by atoms with Crippen molar-refractivity contribution < 1.29 is 0 Å². The maximum atomic E-state index is 6.43. The molecule has 0 atom stereocenters. The average Bonchev–Trinajstić information content (AvgIpc) is 2.53. The van der Waals surface area contributed by atoms with Crippen LogP contribution >= 0.6 is 42.9 Å². The van der Waals surface area contributed by atoms with Crippen LogP contribution in [0.3, 0.4) is 0 Å². The van der Waals surface area contributed by atoms with Crippen LogP contribution in [0.2, 0.25) is 10.0 Å². The zero-order valence-electron chi connectivity index (χ0n) is 11.5. The Labute approximate surface area is 145 Å². The van der Waals surface area contributed by atoms with Crippen LogP contribution in [0.4, 0.5) is 0 Å². The smallest absolute Gasteiger partial charge is 0.151 e. The van der Waals surface area contributed by atoms with Gasteiger partial charge in [0, 0.05) is 46.6 Å². The molecule has 6 heteroatoms. The normalized spacial score (nSPS) is 14.4. The molecular formula is C16H12Cl3N2P. The maximum Gasteiger partial charge on any atom is 0.151 e. The Morgan fingerprint density at radius 1 is 0.909 bits per heavy atom. The molecule has 0 saturated carbocycles. The maximum absolute atomic E-state index is 6.43. The lowest BCUT2D eigenvalue weighted by molar-refractivity contribution is 0.739. The summed E-state index contributed by atoms with van der Waals surface area (Å²) >= 11 is 19.2. The summed E-state index contributed by atoms with van der Waals surface area (Å²) in [6, 6.07) is 15.5. The van der Waals surface area contributed by atoms with Gasteiger partial charge in [0.05, 0.1) is 6.54 Å². The first-order chi connectivity index (χ1) is 10.7. The third-order valence-corrected chi connectivity index (χ3v) is 7.00. The number of amidine groups is 1. The Bertz CT molecular complexity index is 700. The highest BCUT2D eigenvalue weighted by Gasteiger charge is 2.28. The van der Waals surface area contributed by atoms with Crippen LogP contribution in [0, 0.1) is 0 Å². The van der Waals surface area contributed by atoms with Crippen molar-refractivity contribution >= 4 is 59.1 Å². The fraction of sp³-hybridized carbons (Fsp3) is 0.0625. The predicted octanol–water partition coefficient (Wildman–Crippen LogP) is 4.77. The van der Waals surface area contributed by atoms with E-state index in [0.29, 0.717) is 16.6 Å². The molecule has 0 aromatic heterocycles. The standard InChI is InChI=1S/C16H12Cl3N2P/c17-12-6-1-3-8-14(12)22(15-9-4-2-7-13(15)18)16-20-10-5-11-21(16)19/h1-10H,11H2. The van der Waals surface area contributed by atoms with E-state index in [1.54, 1.807) is 10.6 Å². The lowest BCUT2D eigenvalue weighted by Crippen LogP contribution is -2.30. The van der Waals surface area contributed by atoms with Crippen LogP contribution in [0.15, 0.2) is 65.8 Å². The van der Waals surface area contributed by atoms with Gasteiger partial charge in [0.2, 0.25) is 0 Å². The molecule has 0 N–H and O–H groups in total. The van der Waals surface area contributed by atoms with Gasteiger partial charge in [-0.1, -0.05) is 59.6 Å². The molecule has 1 heterocycles. The quantitative estimate of drug-likeness (QED) is 0.562. The van der Waals surface area contributed by atoms with Gasteiger partial charge in [-0.05, 0) is 18.2 Å². The van der Waals surface area contributed by atoms with Gasteiger partial charge in [0.1, 0.15) is 0 Å². The first-order valence-electron chi connectivity index (χ1n) is 6.64. The van der Waals surface area contributed by atoms with Crippen LogP contribution in [-0.2, 0) is 0 Å². The van der Waals surface area contributed by atoms with Crippen LogP contribution in [-0.4, -0.2) is 16.5 Å². The zero-order valence-corrected chi connectivity index (χ0v) is 14.6. The molecule has 0 saturated heterocycles. The van der Waals surface area contributed by atoms with E-state index < -0.39 is 7.92 Å². The molecule has 2 aromatic rings. The first-order valence-corrected chi connectivity index (χ1v) is 9.07. The molecule has 0 fully saturated rings. The molecule has 2 aromatic carbocycles.